The van der Waals surface area contributed by atoms with Gasteiger partial charge in [-0.15, -0.1) is 0 Å². The Morgan fingerprint density at radius 2 is 2.28 bits per heavy atom. The Bertz CT molecular complexity index is 411. The smallest absolute Gasteiger partial charge is 0.252 e. The summed E-state index contributed by atoms with van der Waals surface area (Å²) in [4.78, 5) is 11.7. The van der Waals surface area contributed by atoms with E-state index in [-0.39, 0.29) is 28.8 Å². The number of carbonyl (C=O) groups excluding carboxylic acids is 1. The van der Waals surface area contributed by atoms with Crippen LogP contribution < -0.4 is 5.32 Å². The number of hydrogen-bond acceptors (Lipinski definition) is 4. The number of benzene rings is 1. The highest BCUT2D eigenvalue weighted by atomic mass is 35.5. The fourth-order valence-corrected chi connectivity index (χ4v) is 1.61. The molecular weight excluding hydrogens is 258 g/mol. The average molecular weight is 274 g/mol. The van der Waals surface area contributed by atoms with Crippen LogP contribution in [0.3, 0.4) is 0 Å². The molecule has 1 aromatic rings. The fraction of sp³-hybridized carbons (Fsp3) is 0.417. The summed E-state index contributed by atoms with van der Waals surface area (Å²) in [5.41, 5.74) is 0.206. The minimum atomic E-state index is -0.616. The first kappa shape index (κ1) is 14.8. The molecule has 0 saturated heterocycles. The maximum atomic E-state index is 11.7. The van der Waals surface area contributed by atoms with Crippen molar-refractivity contribution in [1.29, 1.82) is 0 Å². The van der Waals surface area contributed by atoms with Gasteiger partial charge in [0, 0.05) is 13.7 Å². The Labute approximate surface area is 110 Å². The Morgan fingerprint density at radius 3 is 2.94 bits per heavy atom. The standard InChI is InChI=1S/C12H16ClNO4/c1-18-7-9(16)4-5-14-12(17)10-6-8(15)2-3-11(10)13/h2-3,6,9,15-16H,4-5,7H2,1H3,(H,14,17). The summed E-state index contributed by atoms with van der Waals surface area (Å²) >= 11 is 5.84. The summed E-state index contributed by atoms with van der Waals surface area (Å²) in [5.74, 6) is -0.413. The van der Waals surface area contributed by atoms with Crippen molar-refractivity contribution >= 4 is 17.5 Å². The van der Waals surface area contributed by atoms with Crippen LogP contribution >= 0.6 is 11.6 Å². The van der Waals surface area contributed by atoms with Gasteiger partial charge in [-0.05, 0) is 24.6 Å². The molecule has 0 aliphatic rings. The van der Waals surface area contributed by atoms with Crippen molar-refractivity contribution in [2.24, 2.45) is 0 Å². The number of ether oxygens (including phenoxy) is 1. The Balaban J connectivity index is 2.48. The fourth-order valence-electron chi connectivity index (χ4n) is 1.41. The Hall–Kier alpha value is -1.30. The number of halogens is 1. The van der Waals surface area contributed by atoms with Crippen molar-refractivity contribution in [1.82, 2.24) is 5.32 Å². The van der Waals surface area contributed by atoms with Gasteiger partial charge in [-0.1, -0.05) is 11.6 Å². The highest BCUT2D eigenvalue weighted by Gasteiger charge is 2.11. The number of aliphatic hydroxyl groups is 1. The number of amides is 1. The highest BCUT2D eigenvalue weighted by Crippen LogP contribution is 2.20. The Kier molecular flexibility index (Phi) is 5.91. The summed E-state index contributed by atoms with van der Waals surface area (Å²) in [6.07, 6.45) is -0.231. The molecule has 0 spiro atoms. The van der Waals surface area contributed by atoms with Crippen molar-refractivity contribution in [2.45, 2.75) is 12.5 Å². The number of aliphatic hydroxyl groups excluding tert-OH is 1. The minimum absolute atomic E-state index is 0.0241. The van der Waals surface area contributed by atoms with Crippen molar-refractivity contribution in [3.05, 3.63) is 28.8 Å². The Morgan fingerprint density at radius 1 is 1.56 bits per heavy atom. The van der Waals surface area contributed by atoms with Gasteiger partial charge in [-0.3, -0.25) is 4.79 Å². The van der Waals surface area contributed by atoms with Crippen LogP contribution in [-0.4, -0.2) is 42.5 Å². The van der Waals surface area contributed by atoms with E-state index in [1.807, 2.05) is 0 Å². The number of methoxy groups -OCH3 is 1. The second-order valence-electron chi connectivity index (χ2n) is 3.82. The third-order valence-electron chi connectivity index (χ3n) is 2.32. The highest BCUT2D eigenvalue weighted by molar-refractivity contribution is 6.33. The lowest BCUT2D eigenvalue weighted by Crippen LogP contribution is -2.28. The predicted molar refractivity (Wildman–Crippen MR) is 67.9 cm³/mol. The van der Waals surface area contributed by atoms with E-state index in [2.05, 4.69) is 5.32 Å². The van der Waals surface area contributed by atoms with Gasteiger partial charge in [0.2, 0.25) is 0 Å². The van der Waals surface area contributed by atoms with Crippen LogP contribution in [-0.2, 0) is 4.74 Å². The molecule has 1 rings (SSSR count). The van der Waals surface area contributed by atoms with Crippen LogP contribution in [0.15, 0.2) is 18.2 Å². The van der Waals surface area contributed by atoms with Crippen molar-refractivity contribution in [3.63, 3.8) is 0 Å². The third kappa shape index (κ3) is 4.52. The zero-order valence-electron chi connectivity index (χ0n) is 10.0. The van der Waals surface area contributed by atoms with E-state index in [0.717, 1.165) is 0 Å². The number of rotatable bonds is 6. The molecule has 0 aromatic heterocycles. The molecule has 0 radical (unpaired) electrons. The van der Waals surface area contributed by atoms with Gasteiger partial charge in [-0.2, -0.15) is 0 Å². The molecule has 6 heteroatoms. The van der Waals surface area contributed by atoms with Gasteiger partial charge in [-0.25, -0.2) is 0 Å². The molecule has 1 amide bonds. The summed E-state index contributed by atoms with van der Waals surface area (Å²) in [6, 6.07) is 4.15. The topological polar surface area (TPSA) is 78.8 Å². The number of phenolic OH excluding ortho intramolecular Hbond substituents is 1. The molecule has 0 saturated carbocycles. The molecule has 100 valence electrons. The third-order valence-corrected chi connectivity index (χ3v) is 2.65. The SMILES string of the molecule is COCC(O)CCNC(=O)c1cc(O)ccc1Cl. The molecule has 0 fully saturated rings. The molecule has 5 nitrogen and oxygen atoms in total. The van der Waals surface area contributed by atoms with Crippen LogP contribution in [0.2, 0.25) is 5.02 Å². The zero-order chi connectivity index (χ0) is 13.5. The molecule has 0 aliphatic carbocycles. The van der Waals surface area contributed by atoms with Gasteiger partial charge in [0.25, 0.3) is 5.91 Å². The molecule has 1 atom stereocenters. The summed E-state index contributed by atoms with van der Waals surface area (Å²) in [5, 5.41) is 21.5. The van der Waals surface area contributed by atoms with Crippen LogP contribution in [0.1, 0.15) is 16.8 Å². The van der Waals surface area contributed by atoms with Crippen molar-refractivity contribution in [2.75, 3.05) is 20.3 Å². The lowest BCUT2D eigenvalue weighted by atomic mass is 10.2. The van der Waals surface area contributed by atoms with E-state index in [0.29, 0.717) is 13.0 Å². The van der Waals surface area contributed by atoms with Crippen LogP contribution in [0.5, 0.6) is 5.75 Å². The second-order valence-corrected chi connectivity index (χ2v) is 4.23. The normalized spacial score (nSPS) is 12.2. The van der Waals surface area contributed by atoms with E-state index in [9.17, 15) is 15.0 Å². The number of nitrogens with one attached hydrogen (secondary N) is 1. The first-order valence-corrected chi connectivity index (χ1v) is 5.86. The number of aromatic hydroxyl groups is 1. The molecule has 1 unspecified atom stereocenters. The molecular formula is C12H16ClNO4. The zero-order valence-corrected chi connectivity index (χ0v) is 10.8. The number of carbonyl (C=O) groups is 1. The quantitative estimate of drug-likeness (QED) is 0.727. The van der Waals surface area contributed by atoms with E-state index >= 15 is 0 Å². The van der Waals surface area contributed by atoms with Crippen molar-refractivity contribution in [3.8, 4) is 5.75 Å². The van der Waals surface area contributed by atoms with Crippen LogP contribution in [0.25, 0.3) is 0 Å². The lowest BCUT2D eigenvalue weighted by molar-refractivity contribution is 0.0587. The summed E-state index contributed by atoms with van der Waals surface area (Å²) in [6.45, 7) is 0.526. The molecule has 0 bridgehead atoms. The average Bonchev–Trinajstić information content (AvgIpc) is 2.32. The first-order chi connectivity index (χ1) is 8.54. The lowest BCUT2D eigenvalue weighted by Gasteiger charge is -2.10. The van der Waals surface area contributed by atoms with Crippen molar-refractivity contribution < 1.29 is 19.7 Å². The van der Waals surface area contributed by atoms with Crippen LogP contribution in [0.4, 0.5) is 0 Å². The van der Waals surface area contributed by atoms with Gasteiger partial charge in [0.05, 0.1) is 23.3 Å². The maximum Gasteiger partial charge on any atom is 0.252 e. The van der Waals surface area contributed by atoms with Gasteiger partial charge in [0.15, 0.2) is 0 Å². The van der Waals surface area contributed by atoms with Gasteiger partial charge >= 0.3 is 0 Å². The first-order valence-electron chi connectivity index (χ1n) is 5.48. The summed E-state index contributed by atoms with van der Waals surface area (Å²) in [7, 11) is 1.49. The molecule has 0 aliphatic heterocycles. The largest absolute Gasteiger partial charge is 0.508 e. The van der Waals surface area contributed by atoms with E-state index in [1.165, 1.54) is 25.3 Å². The summed E-state index contributed by atoms with van der Waals surface area (Å²) < 4.78 is 4.76. The van der Waals surface area contributed by atoms with E-state index < -0.39 is 6.10 Å². The van der Waals surface area contributed by atoms with Gasteiger partial charge in [0.1, 0.15) is 5.75 Å². The molecule has 0 heterocycles. The second kappa shape index (κ2) is 7.20. The molecule has 18 heavy (non-hydrogen) atoms. The molecule has 1 aromatic carbocycles. The van der Waals surface area contributed by atoms with Gasteiger partial charge < -0.3 is 20.3 Å². The maximum absolute atomic E-state index is 11.7. The number of hydrogen-bond donors (Lipinski definition) is 3. The van der Waals surface area contributed by atoms with E-state index in [4.69, 9.17) is 16.3 Å². The predicted octanol–water partition coefficient (Wildman–Crippen LogP) is 1.17. The van der Waals surface area contributed by atoms with E-state index in [1.54, 1.807) is 0 Å². The monoisotopic (exact) mass is 273 g/mol. The van der Waals surface area contributed by atoms with Crippen LogP contribution in [0, 0.1) is 0 Å². The minimum Gasteiger partial charge on any atom is -0.508 e. The number of phenols is 1. The molecule has 3 N–H and O–H groups in total.